The average Bonchev–Trinajstić information content (AvgIpc) is 3.17. The van der Waals surface area contributed by atoms with E-state index in [2.05, 4.69) is 10.6 Å². The van der Waals surface area contributed by atoms with Crippen LogP contribution in [0.2, 0.25) is 0 Å². The highest BCUT2D eigenvalue weighted by Crippen LogP contribution is 2.20. The summed E-state index contributed by atoms with van der Waals surface area (Å²) in [6.45, 7) is 2.93. The van der Waals surface area contributed by atoms with Gasteiger partial charge in [-0.3, -0.25) is 19.2 Å². The van der Waals surface area contributed by atoms with E-state index < -0.39 is 60.4 Å². The number of nitrogens with zero attached hydrogens (tertiary/aromatic N) is 1. The average molecular weight is 429 g/mol. The topological polar surface area (TPSA) is 205 Å². The first-order valence-corrected chi connectivity index (χ1v) is 9.78. The van der Waals surface area contributed by atoms with Crippen LogP contribution >= 0.6 is 0 Å². The molecule has 0 aromatic rings. The van der Waals surface area contributed by atoms with Gasteiger partial charge in [0.05, 0.1) is 6.61 Å². The summed E-state index contributed by atoms with van der Waals surface area (Å²) in [6, 6.07) is -4.47. The van der Waals surface area contributed by atoms with Crippen LogP contribution in [0.25, 0.3) is 0 Å². The summed E-state index contributed by atoms with van der Waals surface area (Å²) in [6.07, 6.45) is 0.484. The summed E-state index contributed by atoms with van der Waals surface area (Å²) < 4.78 is 0. The number of rotatable bonds is 11. The molecule has 1 rings (SSSR count). The van der Waals surface area contributed by atoms with Gasteiger partial charge in [0.2, 0.25) is 23.6 Å². The zero-order valence-electron chi connectivity index (χ0n) is 17.2. The summed E-state index contributed by atoms with van der Waals surface area (Å²) in [5.41, 5.74) is 10.6. The fourth-order valence-electron chi connectivity index (χ4n) is 3.17. The maximum Gasteiger partial charge on any atom is 0.326 e. The van der Waals surface area contributed by atoms with E-state index in [1.165, 1.54) is 4.90 Å². The number of aliphatic hydroxyl groups is 1. The SMILES string of the molecule is CC(C)C(NC(=O)C(N)CO)C(=O)NC(CCC(N)=O)C(=O)N1CCCC1C(=O)O. The Labute approximate surface area is 174 Å². The van der Waals surface area contributed by atoms with E-state index >= 15 is 0 Å². The molecule has 0 aromatic carbocycles. The third-order valence-corrected chi connectivity index (χ3v) is 4.90. The van der Waals surface area contributed by atoms with Crippen LogP contribution in [0.4, 0.5) is 0 Å². The van der Waals surface area contributed by atoms with Crippen molar-refractivity contribution in [2.45, 2.75) is 63.7 Å². The molecule has 0 aliphatic carbocycles. The standard InChI is InChI=1S/C18H31N5O7/c1-9(2)14(22-15(26)10(19)8-24)16(27)21-11(5-6-13(20)25)17(28)23-7-3-4-12(23)18(29)30/h9-12,14,24H,3-8,19H2,1-2H3,(H2,20,25)(H,21,27)(H,22,26)(H,29,30). The molecule has 1 saturated heterocycles. The molecular weight excluding hydrogens is 398 g/mol. The van der Waals surface area contributed by atoms with Crippen molar-refractivity contribution < 1.29 is 34.2 Å². The predicted octanol–water partition coefficient (Wildman–Crippen LogP) is -2.73. The summed E-state index contributed by atoms with van der Waals surface area (Å²) in [4.78, 5) is 61.5. The molecule has 0 aromatic heterocycles. The lowest BCUT2D eigenvalue weighted by Crippen LogP contribution is -2.58. The third kappa shape index (κ3) is 6.95. The van der Waals surface area contributed by atoms with Gasteiger partial charge in [0, 0.05) is 13.0 Å². The number of carbonyl (C=O) groups is 5. The number of amides is 4. The number of primary amides is 1. The maximum absolute atomic E-state index is 12.9. The molecule has 4 unspecified atom stereocenters. The highest BCUT2D eigenvalue weighted by molar-refractivity contribution is 5.94. The highest BCUT2D eigenvalue weighted by atomic mass is 16.4. The van der Waals surface area contributed by atoms with E-state index in [-0.39, 0.29) is 25.3 Å². The molecule has 30 heavy (non-hydrogen) atoms. The number of aliphatic carboxylic acids is 1. The summed E-state index contributed by atoms with van der Waals surface area (Å²) in [5, 5.41) is 23.2. The van der Waals surface area contributed by atoms with Crippen molar-refractivity contribution in [3.05, 3.63) is 0 Å². The molecule has 1 fully saturated rings. The lowest BCUT2D eigenvalue weighted by atomic mass is 10.0. The van der Waals surface area contributed by atoms with Crippen LogP contribution in [0.1, 0.15) is 39.5 Å². The van der Waals surface area contributed by atoms with Gasteiger partial charge in [-0.1, -0.05) is 13.8 Å². The van der Waals surface area contributed by atoms with Crippen molar-refractivity contribution in [3.8, 4) is 0 Å². The Hall–Kier alpha value is -2.73. The molecule has 8 N–H and O–H groups in total. The Morgan fingerprint density at radius 1 is 1.13 bits per heavy atom. The third-order valence-electron chi connectivity index (χ3n) is 4.90. The molecule has 0 radical (unpaired) electrons. The van der Waals surface area contributed by atoms with Gasteiger partial charge < -0.3 is 37.2 Å². The largest absolute Gasteiger partial charge is 0.480 e. The Bertz CT molecular complexity index is 669. The van der Waals surface area contributed by atoms with E-state index in [0.717, 1.165) is 0 Å². The Morgan fingerprint density at radius 2 is 1.77 bits per heavy atom. The number of likely N-dealkylation sites (tertiary alicyclic amines) is 1. The molecule has 12 nitrogen and oxygen atoms in total. The van der Waals surface area contributed by atoms with Crippen molar-refractivity contribution in [2.75, 3.05) is 13.2 Å². The van der Waals surface area contributed by atoms with Crippen molar-refractivity contribution >= 4 is 29.6 Å². The second-order valence-corrected chi connectivity index (χ2v) is 7.61. The normalized spacial score (nSPS) is 19.1. The van der Waals surface area contributed by atoms with Gasteiger partial charge in [0.25, 0.3) is 0 Å². The number of hydrogen-bond donors (Lipinski definition) is 6. The van der Waals surface area contributed by atoms with Crippen LogP contribution in [-0.4, -0.2) is 82.0 Å². The zero-order valence-corrected chi connectivity index (χ0v) is 17.2. The fraction of sp³-hybridized carbons (Fsp3) is 0.722. The Balaban J connectivity index is 2.99. The quantitative estimate of drug-likeness (QED) is 0.203. The van der Waals surface area contributed by atoms with Crippen molar-refractivity contribution in [1.29, 1.82) is 0 Å². The van der Waals surface area contributed by atoms with Gasteiger partial charge in [-0.15, -0.1) is 0 Å². The highest BCUT2D eigenvalue weighted by Gasteiger charge is 2.38. The summed E-state index contributed by atoms with van der Waals surface area (Å²) in [7, 11) is 0. The smallest absolute Gasteiger partial charge is 0.326 e. The number of hydrogen-bond acceptors (Lipinski definition) is 7. The minimum atomic E-state index is -1.22. The number of nitrogens with two attached hydrogens (primary N) is 2. The van der Waals surface area contributed by atoms with Crippen molar-refractivity contribution in [2.24, 2.45) is 17.4 Å². The maximum atomic E-state index is 12.9. The number of carboxylic acid groups (broad SMARTS) is 1. The summed E-state index contributed by atoms with van der Waals surface area (Å²) >= 11 is 0. The fourth-order valence-corrected chi connectivity index (χ4v) is 3.17. The van der Waals surface area contributed by atoms with E-state index in [4.69, 9.17) is 16.6 Å². The summed E-state index contributed by atoms with van der Waals surface area (Å²) in [5.74, 6) is -4.28. The number of carbonyl (C=O) groups excluding carboxylic acids is 4. The first-order chi connectivity index (χ1) is 14.0. The van der Waals surface area contributed by atoms with E-state index in [1.807, 2.05) is 0 Å². The molecular formula is C18H31N5O7. The lowest BCUT2D eigenvalue weighted by molar-refractivity contribution is -0.149. The molecule has 4 amide bonds. The van der Waals surface area contributed by atoms with Gasteiger partial charge in [0.15, 0.2) is 0 Å². The minimum Gasteiger partial charge on any atom is -0.480 e. The zero-order chi connectivity index (χ0) is 23.0. The number of aliphatic hydroxyl groups excluding tert-OH is 1. The van der Waals surface area contributed by atoms with Crippen molar-refractivity contribution in [3.63, 3.8) is 0 Å². The molecule has 0 bridgehead atoms. The second kappa shape index (κ2) is 11.5. The number of carboxylic acids is 1. The Morgan fingerprint density at radius 3 is 2.27 bits per heavy atom. The molecule has 12 heteroatoms. The lowest BCUT2D eigenvalue weighted by Gasteiger charge is -2.29. The van der Waals surface area contributed by atoms with Crippen LogP contribution in [-0.2, 0) is 24.0 Å². The van der Waals surface area contributed by atoms with Crippen molar-refractivity contribution in [1.82, 2.24) is 15.5 Å². The number of nitrogens with one attached hydrogen (secondary N) is 2. The van der Waals surface area contributed by atoms with Gasteiger partial charge in [0.1, 0.15) is 24.2 Å². The molecule has 1 heterocycles. The first kappa shape index (κ1) is 25.3. The minimum absolute atomic E-state index is 0.113. The van der Waals surface area contributed by atoms with Crippen LogP contribution in [0, 0.1) is 5.92 Å². The predicted molar refractivity (Wildman–Crippen MR) is 105 cm³/mol. The second-order valence-electron chi connectivity index (χ2n) is 7.61. The van der Waals surface area contributed by atoms with E-state index in [1.54, 1.807) is 13.8 Å². The molecule has 170 valence electrons. The molecule has 1 aliphatic rings. The molecule has 4 atom stereocenters. The first-order valence-electron chi connectivity index (χ1n) is 9.78. The van der Waals surface area contributed by atoms with E-state index in [9.17, 15) is 29.1 Å². The van der Waals surface area contributed by atoms with Gasteiger partial charge >= 0.3 is 5.97 Å². The van der Waals surface area contributed by atoms with Crippen LogP contribution in [0.15, 0.2) is 0 Å². The molecule has 1 aliphatic heterocycles. The molecule has 0 saturated carbocycles. The van der Waals surface area contributed by atoms with Crippen LogP contribution < -0.4 is 22.1 Å². The van der Waals surface area contributed by atoms with Gasteiger partial charge in [-0.25, -0.2) is 4.79 Å². The van der Waals surface area contributed by atoms with Crippen LogP contribution in [0.5, 0.6) is 0 Å². The van der Waals surface area contributed by atoms with Gasteiger partial charge in [-0.2, -0.15) is 0 Å². The monoisotopic (exact) mass is 429 g/mol. The van der Waals surface area contributed by atoms with Crippen LogP contribution in [0.3, 0.4) is 0 Å². The van der Waals surface area contributed by atoms with Gasteiger partial charge in [-0.05, 0) is 25.2 Å². The Kier molecular flexibility index (Phi) is 9.66. The molecule has 0 spiro atoms. The van der Waals surface area contributed by atoms with E-state index in [0.29, 0.717) is 12.8 Å².